The molecule has 21 heavy (non-hydrogen) atoms. The number of nitrogens with zero attached hydrogens (tertiary/aromatic N) is 3. The molecule has 0 amide bonds. The Kier molecular flexibility index (Phi) is 4.64. The molecule has 0 N–H and O–H groups in total. The molecule has 1 fully saturated rings. The van der Waals surface area contributed by atoms with Crippen LogP contribution in [0.3, 0.4) is 0 Å². The summed E-state index contributed by atoms with van der Waals surface area (Å²) in [5, 5.41) is 0. The molecule has 3 rings (SSSR count). The normalized spacial score (nSPS) is 16.5. The van der Waals surface area contributed by atoms with Gasteiger partial charge in [-0.3, -0.25) is 4.90 Å². The van der Waals surface area contributed by atoms with E-state index in [2.05, 4.69) is 63.3 Å². The van der Waals surface area contributed by atoms with Crippen LogP contribution < -0.4 is 4.90 Å². The zero-order valence-corrected chi connectivity index (χ0v) is 12.2. The van der Waals surface area contributed by atoms with Crippen LogP contribution in [-0.2, 0) is 0 Å². The van der Waals surface area contributed by atoms with Crippen molar-refractivity contribution >= 4 is 11.9 Å². The van der Waals surface area contributed by atoms with Crippen LogP contribution in [0, 0.1) is 0 Å². The molecule has 1 aliphatic heterocycles. The first kappa shape index (κ1) is 13.8. The highest BCUT2D eigenvalue weighted by atomic mass is 15.3. The van der Waals surface area contributed by atoms with Gasteiger partial charge >= 0.3 is 0 Å². The molecule has 0 radical (unpaired) electrons. The topological polar surface area (TPSA) is 19.4 Å². The Bertz CT molecular complexity index is 558. The second kappa shape index (κ2) is 7.04. The second-order valence-electron chi connectivity index (χ2n) is 5.29. The number of anilines is 1. The van der Waals surface area contributed by atoms with Crippen molar-refractivity contribution in [1.82, 2.24) is 9.88 Å². The second-order valence-corrected chi connectivity index (χ2v) is 5.29. The zero-order chi connectivity index (χ0) is 14.3. The summed E-state index contributed by atoms with van der Waals surface area (Å²) in [7, 11) is 0. The van der Waals surface area contributed by atoms with Gasteiger partial charge in [0.05, 0.1) is 0 Å². The Labute approximate surface area is 126 Å². The molecule has 1 saturated heterocycles. The van der Waals surface area contributed by atoms with Gasteiger partial charge in [-0.1, -0.05) is 48.6 Å². The fourth-order valence-electron chi connectivity index (χ4n) is 2.60. The van der Waals surface area contributed by atoms with Crippen molar-refractivity contribution in [3.05, 3.63) is 66.4 Å². The highest BCUT2D eigenvalue weighted by molar-refractivity contribution is 5.48. The van der Waals surface area contributed by atoms with Gasteiger partial charge in [0.25, 0.3) is 0 Å². The maximum Gasteiger partial charge on any atom is 0.128 e. The van der Waals surface area contributed by atoms with Gasteiger partial charge in [0.1, 0.15) is 5.82 Å². The minimum Gasteiger partial charge on any atom is -0.354 e. The van der Waals surface area contributed by atoms with Crippen LogP contribution in [0.15, 0.2) is 60.8 Å². The first-order chi connectivity index (χ1) is 10.4. The third-order valence-electron chi connectivity index (χ3n) is 3.82. The van der Waals surface area contributed by atoms with Gasteiger partial charge in [0.2, 0.25) is 0 Å². The summed E-state index contributed by atoms with van der Waals surface area (Å²) in [6.45, 7) is 5.31. The number of hydrogen-bond donors (Lipinski definition) is 0. The van der Waals surface area contributed by atoms with E-state index in [1.165, 1.54) is 5.56 Å². The lowest BCUT2D eigenvalue weighted by Crippen LogP contribution is -2.46. The largest absolute Gasteiger partial charge is 0.354 e. The minimum atomic E-state index is 1.02. The molecule has 0 atom stereocenters. The van der Waals surface area contributed by atoms with Crippen LogP contribution in [-0.4, -0.2) is 42.6 Å². The lowest BCUT2D eigenvalue weighted by molar-refractivity contribution is 0.283. The van der Waals surface area contributed by atoms with Crippen molar-refractivity contribution in [1.29, 1.82) is 0 Å². The number of aromatic nitrogens is 1. The third-order valence-corrected chi connectivity index (χ3v) is 3.82. The van der Waals surface area contributed by atoms with Crippen molar-refractivity contribution in [3.8, 4) is 0 Å². The number of pyridine rings is 1. The highest BCUT2D eigenvalue weighted by Gasteiger charge is 2.16. The first-order valence-electron chi connectivity index (χ1n) is 7.52. The number of benzene rings is 1. The quantitative estimate of drug-likeness (QED) is 0.858. The van der Waals surface area contributed by atoms with E-state index in [0.29, 0.717) is 0 Å². The molecular weight excluding hydrogens is 258 g/mol. The molecular formula is C18H21N3. The average molecular weight is 279 g/mol. The zero-order valence-electron chi connectivity index (χ0n) is 12.2. The van der Waals surface area contributed by atoms with Crippen molar-refractivity contribution in [2.75, 3.05) is 37.6 Å². The fraction of sp³-hybridized carbons (Fsp3) is 0.278. The van der Waals surface area contributed by atoms with E-state index in [4.69, 9.17) is 0 Å². The lowest BCUT2D eigenvalue weighted by atomic mass is 10.2. The standard InChI is InChI=1S/C18H21N3/c1-2-7-17(8-3-1)9-6-12-20-13-15-21(16-14-20)18-10-4-5-11-19-18/h1-11H,12-16H2. The van der Waals surface area contributed by atoms with Gasteiger partial charge in [-0.05, 0) is 17.7 Å². The van der Waals surface area contributed by atoms with Crippen molar-refractivity contribution in [2.45, 2.75) is 0 Å². The molecule has 1 aromatic carbocycles. The molecule has 0 saturated carbocycles. The van der Waals surface area contributed by atoms with E-state index in [-0.39, 0.29) is 0 Å². The van der Waals surface area contributed by atoms with Crippen LogP contribution in [0.4, 0.5) is 5.82 Å². The van der Waals surface area contributed by atoms with Gasteiger partial charge in [-0.15, -0.1) is 0 Å². The molecule has 1 aromatic heterocycles. The summed E-state index contributed by atoms with van der Waals surface area (Å²) >= 11 is 0. The molecule has 2 aromatic rings. The molecule has 3 heteroatoms. The Balaban J connectivity index is 1.47. The number of hydrogen-bond acceptors (Lipinski definition) is 3. The van der Waals surface area contributed by atoms with Crippen LogP contribution in [0.1, 0.15) is 5.56 Å². The summed E-state index contributed by atoms with van der Waals surface area (Å²) < 4.78 is 0. The predicted molar refractivity (Wildman–Crippen MR) is 88.4 cm³/mol. The Hall–Kier alpha value is -2.13. The maximum absolute atomic E-state index is 4.42. The minimum absolute atomic E-state index is 1.02. The molecule has 0 unspecified atom stereocenters. The van der Waals surface area contributed by atoms with Crippen LogP contribution >= 0.6 is 0 Å². The lowest BCUT2D eigenvalue weighted by Gasteiger charge is -2.34. The van der Waals surface area contributed by atoms with Gasteiger partial charge in [-0.2, -0.15) is 0 Å². The molecule has 0 aliphatic carbocycles. The van der Waals surface area contributed by atoms with Crippen molar-refractivity contribution in [3.63, 3.8) is 0 Å². The predicted octanol–water partition coefficient (Wildman–Crippen LogP) is 2.92. The van der Waals surface area contributed by atoms with Crippen molar-refractivity contribution < 1.29 is 0 Å². The molecule has 2 heterocycles. The van der Waals surface area contributed by atoms with E-state index in [1.807, 2.05) is 18.3 Å². The monoisotopic (exact) mass is 279 g/mol. The van der Waals surface area contributed by atoms with Gasteiger partial charge in [-0.25, -0.2) is 4.98 Å². The summed E-state index contributed by atoms with van der Waals surface area (Å²) in [5.74, 6) is 1.09. The average Bonchev–Trinajstić information content (AvgIpc) is 2.57. The molecule has 108 valence electrons. The van der Waals surface area contributed by atoms with Crippen LogP contribution in [0.5, 0.6) is 0 Å². The summed E-state index contributed by atoms with van der Waals surface area (Å²) in [5.41, 5.74) is 1.27. The van der Waals surface area contributed by atoms with Crippen molar-refractivity contribution in [2.24, 2.45) is 0 Å². The Morgan fingerprint density at radius 2 is 1.67 bits per heavy atom. The van der Waals surface area contributed by atoms with Crippen LogP contribution in [0.2, 0.25) is 0 Å². The van der Waals surface area contributed by atoms with Crippen LogP contribution in [0.25, 0.3) is 6.08 Å². The van der Waals surface area contributed by atoms with E-state index >= 15 is 0 Å². The Morgan fingerprint density at radius 1 is 0.905 bits per heavy atom. The SMILES string of the molecule is C(=Cc1ccccc1)CN1CCN(c2ccccn2)CC1. The smallest absolute Gasteiger partial charge is 0.128 e. The van der Waals surface area contributed by atoms with E-state index in [0.717, 1.165) is 38.5 Å². The van der Waals surface area contributed by atoms with E-state index < -0.39 is 0 Å². The molecule has 3 nitrogen and oxygen atoms in total. The highest BCUT2D eigenvalue weighted by Crippen LogP contribution is 2.12. The van der Waals surface area contributed by atoms with E-state index in [9.17, 15) is 0 Å². The van der Waals surface area contributed by atoms with E-state index in [1.54, 1.807) is 0 Å². The summed E-state index contributed by atoms with van der Waals surface area (Å²) in [6.07, 6.45) is 6.32. The number of rotatable bonds is 4. The molecule has 1 aliphatic rings. The van der Waals surface area contributed by atoms with Gasteiger partial charge in [0, 0.05) is 38.9 Å². The number of piperazine rings is 1. The molecule has 0 spiro atoms. The third kappa shape index (κ3) is 3.92. The summed E-state index contributed by atoms with van der Waals surface area (Å²) in [6, 6.07) is 16.6. The maximum atomic E-state index is 4.42. The molecule has 0 bridgehead atoms. The van der Waals surface area contributed by atoms with Gasteiger partial charge < -0.3 is 4.90 Å². The van der Waals surface area contributed by atoms with Gasteiger partial charge in [0.15, 0.2) is 0 Å². The Morgan fingerprint density at radius 3 is 2.38 bits per heavy atom. The fourth-order valence-corrected chi connectivity index (χ4v) is 2.60. The first-order valence-corrected chi connectivity index (χ1v) is 7.52. The summed E-state index contributed by atoms with van der Waals surface area (Å²) in [4.78, 5) is 9.27.